The van der Waals surface area contributed by atoms with E-state index >= 15 is 0 Å². The van der Waals surface area contributed by atoms with Crippen molar-refractivity contribution in [2.75, 3.05) is 13.2 Å². The van der Waals surface area contributed by atoms with Gasteiger partial charge in [0.25, 0.3) is 0 Å². The number of nitrogens with zero attached hydrogens (tertiary/aromatic N) is 6. The monoisotopic (exact) mass is 893 g/mol. The van der Waals surface area contributed by atoms with Crippen LogP contribution in [0.25, 0.3) is 0 Å². The van der Waals surface area contributed by atoms with Crippen molar-refractivity contribution in [3.05, 3.63) is 108 Å². The van der Waals surface area contributed by atoms with Crippen molar-refractivity contribution < 1.29 is 19.1 Å². The third kappa shape index (κ3) is 20.6. The molecule has 1 aliphatic rings. The van der Waals surface area contributed by atoms with Crippen LogP contribution in [0.4, 0.5) is 22.7 Å². The number of amides is 2. The van der Waals surface area contributed by atoms with Crippen LogP contribution in [-0.2, 0) is 9.59 Å². The van der Waals surface area contributed by atoms with Crippen LogP contribution in [0.2, 0.25) is 0 Å². The Labute approximate surface area is 392 Å². The number of nitrogens with one attached hydrogen (secondary N) is 2. The van der Waals surface area contributed by atoms with E-state index in [2.05, 4.69) is 43.2 Å². The Morgan fingerprint density at radius 2 is 0.727 bits per heavy atom. The molecule has 2 amide bonds. The summed E-state index contributed by atoms with van der Waals surface area (Å²) >= 11 is 0. The van der Waals surface area contributed by atoms with Crippen LogP contribution in [0.1, 0.15) is 152 Å². The molecule has 0 aliphatic heterocycles. The van der Waals surface area contributed by atoms with E-state index in [0.717, 1.165) is 113 Å². The summed E-state index contributed by atoms with van der Waals surface area (Å²) in [4.78, 5) is 25.7. The van der Waals surface area contributed by atoms with E-state index in [-0.39, 0.29) is 23.9 Å². The molecule has 1 saturated carbocycles. The predicted octanol–water partition coefficient (Wildman–Crippen LogP) is 14.3. The Hall–Kier alpha value is -6.40. The lowest BCUT2D eigenvalue weighted by Crippen LogP contribution is -2.53. The summed E-state index contributed by atoms with van der Waals surface area (Å²) in [6.45, 7) is 1.37. The lowest BCUT2D eigenvalue weighted by atomic mass is 9.90. The Morgan fingerprint density at radius 1 is 0.439 bits per heavy atom. The first kappa shape index (κ1) is 50.6. The third-order valence-electron chi connectivity index (χ3n) is 11.8. The summed E-state index contributed by atoms with van der Waals surface area (Å²) in [5.41, 5.74) is 4.08. The summed E-state index contributed by atoms with van der Waals surface area (Å²) < 4.78 is 11.8. The van der Waals surface area contributed by atoms with Gasteiger partial charge in [0.15, 0.2) is 0 Å². The zero-order chi connectivity index (χ0) is 46.3. The van der Waals surface area contributed by atoms with Gasteiger partial charge in [-0.1, -0.05) is 89.9 Å². The minimum atomic E-state index is 0.0336. The average molecular weight is 893 g/mol. The van der Waals surface area contributed by atoms with Gasteiger partial charge in [-0.15, -0.1) is 0 Å². The molecule has 0 radical (unpaired) electrons. The molecule has 2 N–H and O–H groups in total. The zero-order valence-electron chi connectivity index (χ0n) is 38.7. The highest BCUT2D eigenvalue weighted by Gasteiger charge is 2.27. The molecular weight excluding hydrogens is 825 g/mol. The number of benzene rings is 4. The maximum atomic E-state index is 12.8. The van der Waals surface area contributed by atoms with Gasteiger partial charge in [-0.2, -0.15) is 31.0 Å². The second-order valence-corrected chi connectivity index (χ2v) is 17.2. The van der Waals surface area contributed by atoms with Crippen molar-refractivity contribution in [2.45, 2.75) is 153 Å². The van der Waals surface area contributed by atoms with Gasteiger partial charge in [-0.05, 0) is 136 Å². The minimum absolute atomic E-state index is 0.0336. The van der Waals surface area contributed by atoms with E-state index in [9.17, 15) is 9.59 Å². The second kappa shape index (κ2) is 30.7. The van der Waals surface area contributed by atoms with Crippen LogP contribution in [-0.4, -0.2) is 37.1 Å². The highest BCUT2D eigenvalue weighted by atomic mass is 16.5. The van der Waals surface area contributed by atoms with Gasteiger partial charge in [0, 0.05) is 24.9 Å². The Morgan fingerprint density at radius 3 is 1.05 bits per heavy atom. The lowest BCUT2D eigenvalue weighted by molar-refractivity contribution is -0.125. The van der Waals surface area contributed by atoms with Gasteiger partial charge >= 0.3 is 0 Å². The second-order valence-electron chi connectivity index (χ2n) is 17.2. The number of ether oxygens (including phenoxy) is 2. The first-order chi connectivity index (χ1) is 32.5. The van der Waals surface area contributed by atoms with Crippen LogP contribution in [0, 0.1) is 22.7 Å². The predicted molar refractivity (Wildman–Crippen MR) is 260 cm³/mol. The molecule has 5 rings (SSSR count). The summed E-state index contributed by atoms with van der Waals surface area (Å²) in [5, 5.41) is 41.3. The summed E-state index contributed by atoms with van der Waals surface area (Å²) in [5.74, 6) is 1.87. The number of hydrogen-bond acceptors (Lipinski definition) is 10. The number of carbonyl (C=O) groups is 2. The molecule has 4 aromatic rings. The fourth-order valence-electron chi connectivity index (χ4n) is 7.97. The van der Waals surface area contributed by atoms with Crippen LogP contribution in [0.5, 0.6) is 11.5 Å². The number of carbonyl (C=O) groups excluding carboxylic acids is 2. The van der Waals surface area contributed by atoms with Crippen LogP contribution in [0.3, 0.4) is 0 Å². The van der Waals surface area contributed by atoms with Crippen molar-refractivity contribution in [3.63, 3.8) is 0 Å². The van der Waals surface area contributed by atoms with Gasteiger partial charge in [0.05, 0.1) is 59.2 Å². The number of hydrogen-bond donors (Lipinski definition) is 2. The molecule has 0 aromatic heterocycles. The van der Waals surface area contributed by atoms with Gasteiger partial charge in [0.2, 0.25) is 11.8 Å². The van der Waals surface area contributed by atoms with Crippen molar-refractivity contribution in [1.29, 1.82) is 10.5 Å². The highest BCUT2D eigenvalue weighted by Crippen LogP contribution is 2.24. The maximum Gasteiger partial charge on any atom is 0.220 e. The first-order valence-electron chi connectivity index (χ1n) is 24.4. The van der Waals surface area contributed by atoms with Crippen molar-refractivity contribution in [3.8, 4) is 23.6 Å². The normalized spacial score (nSPS) is 14.7. The fourth-order valence-corrected chi connectivity index (χ4v) is 7.97. The van der Waals surface area contributed by atoms with Crippen molar-refractivity contribution in [2.24, 2.45) is 20.5 Å². The Balaban J connectivity index is 0.792. The van der Waals surface area contributed by atoms with Gasteiger partial charge in [-0.3, -0.25) is 9.59 Å². The quantitative estimate of drug-likeness (QED) is 0.0389. The summed E-state index contributed by atoms with van der Waals surface area (Å²) in [7, 11) is 0. The summed E-state index contributed by atoms with van der Waals surface area (Å²) in [6, 6.07) is 33.4. The first-order valence-corrected chi connectivity index (χ1v) is 24.4. The van der Waals surface area contributed by atoms with Crippen LogP contribution >= 0.6 is 0 Å². The van der Waals surface area contributed by atoms with E-state index in [1.165, 1.54) is 38.5 Å². The molecule has 12 nitrogen and oxygen atoms in total. The Kier molecular flexibility index (Phi) is 23.5. The molecule has 0 spiro atoms. The highest BCUT2D eigenvalue weighted by molar-refractivity contribution is 5.78. The topological polar surface area (TPSA) is 174 Å². The fraction of sp³-hybridized carbons (Fsp3) is 0.481. The lowest BCUT2D eigenvalue weighted by Gasteiger charge is -2.33. The molecule has 1 fully saturated rings. The van der Waals surface area contributed by atoms with Gasteiger partial charge < -0.3 is 20.1 Å². The number of rotatable bonds is 30. The van der Waals surface area contributed by atoms with Crippen LogP contribution < -0.4 is 20.1 Å². The standard InChI is InChI=1S/C54H68N8O4/c55-41-43-23-27-45(28-24-43)59-61-47-31-35-49(36-32-47)65-39-17-11-7-3-1-5-9-13-21-53(63)57-51-19-15-16-20-52(51)58-54(64)22-14-10-6-2-4-8-12-18-40-66-50-37-33-48(34-38-50)62-60-46-29-25-44(42-56)26-30-46/h23-38,51-52H,1-22,39-40H2,(H,57,63)(H,58,64)/t51-,52-/m0/s1. The minimum Gasteiger partial charge on any atom is -0.494 e. The maximum absolute atomic E-state index is 12.8. The molecule has 0 unspecified atom stereocenters. The van der Waals surface area contributed by atoms with E-state index < -0.39 is 0 Å². The molecule has 0 bridgehead atoms. The average Bonchev–Trinajstić information content (AvgIpc) is 3.35. The molecule has 66 heavy (non-hydrogen) atoms. The number of azo groups is 2. The number of unbranched alkanes of at least 4 members (excludes halogenated alkanes) is 14. The molecule has 12 heteroatoms. The zero-order valence-corrected chi connectivity index (χ0v) is 38.7. The van der Waals surface area contributed by atoms with Crippen LogP contribution in [0.15, 0.2) is 118 Å². The largest absolute Gasteiger partial charge is 0.494 e. The van der Waals surface area contributed by atoms with Crippen molar-refractivity contribution in [1.82, 2.24) is 10.6 Å². The summed E-state index contributed by atoms with van der Waals surface area (Å²) in [6.07, 6.45) is 22.8. The van der Waals surface area contributed by atoms with E-state index in [0.29, 0.717) is 48.6 Å². The molecule has 1 aliphatic carbocycles. The third-order valence-corrected chi connectivity index (χ3v) is 11.8. The van der Waals surface area contributed by atoms with E-state index in [1.54, 1.807) is 48.5 Å². The van der Waals surface area contributed by atoms with Gasteiger partial charge in [0.1, 0.15) is 11.5 Å². The SMILES string of the molecule is N#Cc1ccc(N=Nc2ccc(OCCCCCCCCCCC(=O)N[C@H]3CCCC[C@@H]3NC(=O)CCCCCCCCCCOc3ccc(N=Nc4ccc(C#N)cc4)cc3)cc2)cc1. The molecule has 2 atom stereocenters. The number of nitriles is 2. The molecule has 4 aromatic carbocycles. The Bertz CT molecular complexity index is 1990. The van der Waals surface area contributed by atoms with Gasteiger partial charge in [-0.25, -0.2) is 0 Å². The molecule has 348 valence electrons. The van der Waals surface area contributed by atoms with E-state index in [4.69, 9.17) is 20.0 Å². The molecule has 0 saturated heterocycles. The molecule has 0 heterocycles. The smallest absolute Gasteiger partial charge is 0.220 e. The van der Waals surface area contributed by atoms with Crippen molar-refractivity contribution >= 4 is 34.6 Å². The molecular formula is C54H68N8O4. The van der Waals surface area contributed by atoms with E-state index in [1.807, 2.05) is 48.5 Å².